The fraction of sp³-hybridized carbons (Fsp3) is 0. The van der Waals surface area contributed by atoms with Crippen molar-refractivity contribution in [3.8, 4) is 60.4 Å². The van der Waals surface area contributed by atoms with Gasteiger partial charge in [0.15, 0.2) is 0 Å². The highest BCUT2D eigenvalue weighted by atomic mass is 16.3. The van der Waals surface area contributed by atoms with Crippen LogP contribution in [0.15, 0.2) is 97.1 Å². The lowest BCUT2D eigenvalue weighted by molar-refractivity contribution is 0.475. The number of nitriles is 9. The van der Waals surface area contributed by atoms with Gasteiger partial charge in [-0.2, -0.15) is 47.4 Å². The van der Waals surface area contributed by atoms with E-state index >= 15 is 0 Å². The fourth-order valence-corrected chi connectivity index (χ4v) is 7.22. The Morgan fingerprint density at radius 3 is 1.09 bits per heavy atom. The fourth-order valence-electron chi connectivity index (χ4n) is 7.22. The minimum Gasteiger partial charge on any atom is -0.508 e. The molecule has 0 spiro atoms. The van der Waals surface area contributed by atoms with E-state index in [0.717, 1.165) is 0 Å². The van der Waals surface area contributed by atoms with Crippen LogP contribution in [0, 0.1) is 102 Å². The van der Waals surface area contributed by atoms with Crippen LogP contribution < -0.4 is 0 Å². The molecule has 256 valence electrons. The Labute approximate surface area is 325 Å². The molecule has 0 bridgehead atoms. The number of hydrogen-bond donors (Lipinski definition) is 1. The Bertz CT molecular complexity index is 3170. The van der Waals surface area contributed by atoms with Crippen LogP contribution in [-0.2, 0) is 0 Å². The van der Waals surface area contributed by atoms with E-state index < -0.39 is 0 Å². The minimum atomic E-state index is -0.269. The molecular weight excluding hydrogens is 707 g/mol. The normalized spacial score (nSPS) is 13.8. The van der Waals surface area contributed by atoms with E-state index in [1.165, 1.54) is 36.4 Å². The number of aromatic hydroxyl groups is 1. The minimum absolute atomic E-state index is 0.00633. The van der Waals surface area contributed by atoms with Crippen molar-refractivity contribution in [1.82, 2.24) is 0 Å². The third-order valence-electron chi connectivity index (χ3n) is 9.60. The number of nitrogens with zero attached hydrogens (tertiary/aromatic N) is 9. The molecule has 7 rings (SSSR count). The van der Waals surface area contributed by atoms with Crippen molar-refractivity contribution in [2.75, 3.05) is 0 Å². The molecule has 10 nitrogen and oxygen atoms in total. The Kier molecular flexibility index (Phi) is 8.98. The summed E-state index contributed by atoms with van der Waals surface area (Å²) in [5.41, 5.74) is 5.32. The van der Waals surface area contributed by atoms with Crippen LogP contribution in [0.25, 0.3) is 44.6 Å². The summed E-state index contributed by atoms with van der Waals surface area (Å²) in [7, 11) is 0. The number of fused-ring (bicyclic) bond motifs is 2. The third-order valence-corrected chi connectivity index (χ3v) is 9.60. The first-order valence-corrected chi connectivity index (χ1v) is 16.7. The second-order valence-electron chi connectivity index (χ2n) is 12.7. The van der Waals surface area contributed by atoms with E-state index in [4.69, 9.17) is 0 Å². The second-order valence-corrected chi connectivity index (χ2v) is 12.7. The summed E-state index contributed by atoms with van der Waals surface area (Å²) in [6.45, 7) is 0. The van der Waals surface area contributed by atoms with Crippen LogP contribution in [0.1, 0.15) is 72.3 Å². The predicted molar refractivity (Wildman–Crippen MR) is 207 cm³/mol. The third kappa shape index (κ3) is 5.87. The van der Waals surface area contributed by atoms with Gasteiger partial charge in [0.1, 0.15) is 30.0 Å². The summed E-state index contributed by atoms with van der Waals surface area (Å²) in [4.78, 5) is 0. The zero-order chi connectivity index (χ0) is 40.4. The molecule has 0 unspecified atom stereocenters. The van der Waals surface area contributed by atoms with Gasteiger partial charge in [0.2, 0.25) is 0 Å². The molecule has 0 saturated carbocycles. The van der Waals surface area contributed by atoms with Crippen LogP contribution in [-0.4, -0.2) is 5.11 Å². The van der Waals surface area contributed by atoms with Gasteiger partial charge in [-0.05, 0) is 106 Å². The maximum Gasteiger partial charge on any atom is 0.117 e. The molecule has 10 heteroatoms. The van der Waals surface area contributed by atoms with Crippen LogP contribution in [0.3, 0.4) is 0 Å². The number of phenolic OH excluding ortho intramolecular Hbond substituents is 1. The van der Waals surface area contributed by atoms with Gasteiger partial charge in [0.25, 0.3) is 0 Å². The van der Waals surface area contributed by atoms with Crippen molar-refractivity contribution < 1.29 is 5.11 Å². The number of allylic oxidation sites excluding steroid dienone is 8. The number of benzene rings is 5. The highest BCUT2D eigenvalue weighted by Gasteiger charge is 2.37. The van der Waals surface area contributed by atoms with Crippen LogP contribution >= 0.6 is 0 Å². The van der Waals surface area contributed by atoms with Crippen molar-refractivity contribution in [1.29, 1.82) is 47.4 Å². The molecule has 0 saturated heterocycles. The van der Waals surface area contributed by atoms with Gasteiger partial charge < -0.3 is 5.11 Å². The van der Waals surface area contributed by atoms with Crippen molar-refractivity contribution in [3.63, 3.8) is 0 Å². The lowest BCUT2D eigenvalue weighted by Crippen LogP contribution is -1.97. The van der Waals surface area contributed by atoms with Gasteiger partial charge in [-0.1, -0.05) is 24.3 Å². The van der Waals surface area contributed by atoms with Gasteiger partial charge in [-0.25, -0.2) is 0 Å². The first-order chi connectivity index (χ1) is 27.7. The van der Waals surface area contributed by atoms with E-state index in [9.17, 15) is 52.5 Å². The van der Waals surface area contributed by atoms with Crippen molar-refractivity contribution in [3.05, 3.63) is 169 Å². The van der Waals surface area contributed by atoms with Gasteiger partial charge in [-0.3, -0.25) is 0 Å². The summed E-state index contributed by atoms with van der Waals surface area (Å²) in [5.74, 6) is -0.269. The van der Waals surface area contributed by atoms with Crippen molar-refractivity contribution >= 4 is 44.6 Å². The molecule has 0 atom stereocenters. The Morgan fingerprint density at radius 1 is 0.368 bits per heavy atom. The number of phenols is 1. The molecule has 0 heterocycles. The van der Waals surface area contributed by atoms with Gasteiger partial charge >= 0.3 is 0 Å². The SMILES string of the molecule is N#CC1=C(c2ccc(C#N)cc2)/C(=C(\C#N)c2cc(O)cc(C#N)c2)c2cc3c(cc21)/C(=C(/C#N)c1cc(C#N)cc(C#N)c1)C(c1ccc(C#N)cc1)=C3C#N. The molecule has 2 aliphatic rings. The van der Waals surface area contributed by atoms with Crippen LogP contribution in [0.2, 0.25) is 0 Å². The highest BCUT2D eigenvalue weighted by molar-refractivity contribution is 6.34. The molecular formula is C47H17N9O. The van der Waals surface area contributed by atoms with E-state index in [0.29, 0.717) is 55.7 Å². The Morgan fingerprint density at radius 2 is 0.737 bits per heavy atom. The summed E-state index contributed by atoms with van der Waals surface area (Å²) >= 11 is 0. The molecule has 0 radical (unpaired) electrons. The predicted octanol–water partition coefficient (Wildman–Crippen LogP) is 8.52. The molecule has 5 aromatic carbocycles. The second kappa shape index (κ2) is 14.4. The number of rotatable bonds is 4. The maximum atomic E-state index is 10.9. The first kappa shape index (κ1) is 35.7. The van der Waals surface area contributed by atoms with Crippen molar-refractivity contribution in [2.45, 2.75) is 0 Å². The zero-order valence-electron chi connectivity index (χ0n) is 29.2. The summed E-state index contributed by atoms with van der Waals surface area (Å²) in [6.07, 6.45) is 0. The summed E-state index contributed by atoms with van der Waals surface area (Å²) < 4.78 is 0. The molecule has 0 amide bonds. The lowest BCUT2D eigenvalue weighted by atomic mass is 9.86. The zero-order valence-corrected chi connectivity index (χ0v) is 29.2. The molecule has 5 aromatic rings. The largest absolute Gasteiger partial charge is 0.508 e. The average Bonchev–Trinajstić information content (AvgIpc) is 3.74. The summed E-state index contributed by atoms with van der Waals surface area (Å²) in [6, 6.07) is 43.7. The quantitative estimate of drug-likeness (QED) is 0.173. The molecule has 2 aliphatic carbocycles. The molecule has 0 aromatic heterocycles. The maximum absolute atomic E-state index is 10.9. The summed E-state index contributed by atoms with van der Waals surface area (Å²) in [5, 5.41) is 102. The lowest BCUT2D eigenvalue weighted by Gasteiger charge is -2.14. The van der Waals surface area contributed by atoms with Gasteiger partial charge in [0.05, 0.1) is 80.5 Å². The highest BCUT2D eigenvalue weighted by Crippen LogP contribution is 2.56. The van der Waals surface area contributed by atoms with E-state index in [1.807, 2.05) is 18.2 Å². The topological polar surface area (TPSA) is 234 Å². The average molecular weight is 724 g/mol. The standard InChI is InChI=1S/C47H17N9O/c48-17-26-1-5-31(6-2-26)44-42(24-55)36-16-39-37(15-38(36)46(44)40(22-53)33-10-28(19-50)9-29(11-33)20-51)43(25-56)45(32-7-3-27(18-49)4-8-32)47(39)41(23-54)34-12-30(21-52)13-35(57)14-34/h1-16,57H/b46-40+,47-41+. The molecule has 1 N–H and O–H groups in total. The Balaban J connectivity index is 1.65. The van der Waals surface area contributed by atoms with Crippen molar-refractivity contribution in [2.24, 2.45) is 0 Å². The van der Waals surface area contributed by atoms with E-state index in [2.05, 4.69) is 36.4 Å². The number of hydrogen-bond acceptors (Lipinski definition) is 10. The monoisotopic (exact) mass is 723 g/mol. The van der Waals surface area contributed by atoms with Crippen LogP contribution in [0.4, 0.5) is 0 Å². The molecule has 0 fully saturated rings. The van der Waals surface area contributed by atoms with E-state index in [1.54, 1.807) is 60.7 Å². The van der Waals surface area contributed by atoms with Gasteiger partial charge in [0, 0.05) is 33.4 Å². The molecule has 0 aliphatic heterocycles. The molecule has 57 heavy (non-hydrogen) atoms. The van der Waals surface area contributed by atoms with Gasteiger partial charge in [-0.15, -0.1) is 0 Å². The smallest absolute Gasteiger partial charge is 0.117 e. The Hall–Kier alpha value is -9.73. The van der Waals surface area contributed by atoms with Crippen LogP contribution in [0.5, 0.6) is 5.75 Å². The first-order valence-electron chi connectivity index (χ1n) is 16.7. The van der Waals surface area contributed by atoms with E-state index in [-0.39, 0.29) is 67.0 Å².